The third-order valence-electron chi connectivity index (χ3n) is 6.65. The lowest BCUT2D eigenvalue weighted by atomic mass is 10.0. The Labute approximate surface area is 224 Å². The standard InChI is InChI=1S/C26H30F3N5O4S/c1-14-13-33(4)9-10-34(14)26(35)38-21-11-19-20(12-22(21)39(5,36)37)31-16(3)32-25(19)30-15(2)17-7-6-8-18(23(17)27)24(28)29/h6-8,11-12,14-15,24H,9-10,13H2,1-5H3,(H,30,31,32). The van der Waals surface area contributed by atoms with Crippen molar-refractivity contribution in [3.8, 4) is 5.75 Å². The number of anilines is 1. The number of amides is 1. The number of nitrogens with zero attached hydrogens (tertiary/aromatic N) is 4. The van der Waals surface area contributed by atoms with Gasteiger partial charge in [-0.3, -0.25) is 0 Å². The summed E-state index contributed by atoms with van der Waals surface area (Å²) < 4.78 is 72.2. The van der Waals surface area contributed by atoms with Gasteiger partial charge >= 0.3 is 6.09 Å². The number of nitrogens with one attached hydrogen (secondary N) is 1. The molecule has 1 N–H and O–H groups in total. The molecule has 1 saturated heterocycles. The minimum absolute atomic E-state index is 0.000627. The van der Waals surface area contributed by atoms with Crippen LogP contribution in [-0.2, 0) is 9.84 Å². The Morgan fingerprint density at radius 2 is 1.87 bits per heavy atom. The van der Waals surface area contributed by atoms with Crippen molar-refractivity contribution >= 4 is 32.7 Å². The van der Waals surface area contributed by atoms with Crippen LogP contribution in [0.4, 0.5) is 23.8 Å². The van der Waals surface area contributed by atoms with E-state index in [2.05, 4.69) is 20.2 Å². The zero-order valence-corrected chi connectivity index (χ0v) is 23.0. The first-order chi connectivity index (χ1) is 18.3. The van der Waals surface area contributed by atoms with Crippen molar-refractivity contribution < 1.29 is 31.1 Å². The number of benzene rings is 2. The van der Waals surface area contributed by atoms with Gasteiger partial charge in [0.1, 0.15) is 22.4 Å². The van der Waals surface area contributed by atoms with Gasteiger partial charge in [0.2, 0.25) is 0 Å². The van der Waals surface area contributed by atoms with Gasteiger partial charge in [-0.25, -0.2) is 36.4 Å². The molecule has 1 aliphatic heterocycles. The van der Waals surface area contributed by atoms with Crippen LogP contribution >= 0.6 is 0 Å². The molecule has 13 heteroatoms. The molecule has 4 rings (SSSR count). The number of aryl methyl sites for hydroxylation is 1. The van der Waals surface area contributed by atoms with Crippen LogP contribution in [0.25, 0.3) is 10.9 Å². The molecule has 0 spiro atoms. The summed E-state index contributed by atoms with van der Waals surface area (Å²) in [6, 6.07) is 5.45. The highest BCUT2D eigenvalue weighted by Crippen LogP contribution is 2.35. The number of halogens is 3. The molecule has 39 heavy (non-hydrogen) atoms. The van der Waals surface area contributed by atoms with Crippen molar-refractivity contribution in [1.82, 2.24) is 19.8 Å². The van der Waals surface area contributed by atoms with Crippen molar-refractivity contribution in [1.29, 1.82) is 0 Å². The van der Waals surface area contributed by atoms with E-state index in [4.69, 9.17) is 4.74 Å². The van der Waals surface area contributed by atoms with E-state index >= 15 is 0 Å². The number of sulfone groups is 1. The van der Waals surface area contributed by atoms with Crippen LogP contribution in [0.2, 0.25) is 0 Å². The number of alkyl halides is 2. The number of piperazine rings is 1. The van der Waals surface area contributed by atoms with Gasteiger partial charge in [-0.2, -0.15) is 0 Å². The number of hydrogen-bond acceptors (Lipinski definition) is 8. The fourth-order valence-corrected chi connectivity index (χ4v) is 5.44. The molecular formula is C26H30F3N5O4S. The van der Waals surface area contributed by atoms with Crippen LogP contribution in [0.5, 0.6) is 5.75 Å². The molecule has 1 aromatic heterocycles. The van der Waals surface area contributed by atoms with Gasteiger partial charge < -0.3 is 19.9 Å². The molecule has 1 aliphatic rings. The van der Waals surface area contributed by atoms with E-state index in [1.807, 2.05) is 14.0 Å². The Balaban J connectivity index is 1.76. The van der Waals surface area contributed by atoms with Crippen LogP contribution in [-0.4, -0.2) is 73.3 Å². The molecule has 2 heterocycles. The average molecular weight is 566 g/mol. The number of ether oxygens (including phenoxy) is 1. The van der Waals surface area contributed by atoms with Crippen molar-refractivity contribution in [3.63, 3.8) is 0 Å². The SMILES string of the molecule is Cc1nc(NC(C)c2cccc(C(F)F)c2F)c2cc(OC(=O)N3CCN(C)CC3C)c(S(C)(=O)=O)cc2n1. The smallest absolute Gasteiger partial charge is 0.409 e. The Morgan fingerprint density at radius 3 is 2.51 bits per heavy atom. The van der Waals surface area contributed by atoms with E-state index in [0.717, 1.165) is 12.3 Å². The number of likely N-dealkylation sites (N-methyl/N-ethyl adjacent to an activating group) is 1. The molecule has 2 unspecified atom stereocenters. The molecule has 2 aromatic carbocycles. The first-order valence-corrected chi connectivity index (χ1v) is 14.2. The maximum Gasteiger partial charge on any atom is 0.415 e. The van der Waals surface area contributed by atoms with Crippen LogP contribution < -0.4 is 10.1 Å². The second-order valence-electron chi connectivity index (χ2n) is 9.80. The average Bonchev–Trinajstić information content (AvgIpc) is 2.83. The van der Waals surface area contributed by atoms with Crippen LogP contribution in [0.15, 0.2) is 35.2 Å². The fraction of sp³-hybridized carbons (Fsp3) is 0.423. The second kappa shape index (κ2) is 11.0. The van der Waals surface area contributed by atoms with Crippen LogP contribution in [0.3, 0.4) is 0 Å². The molecule has 0 saturated carbocycles. The number of aromatic nitrogens is 2. The van der Waals surface area contributed by atoms with Gasteiger partial charge in [-0.05, 0) is 40.0 Å². The van der Waals surface area contributed by atoms with E-state index in [1.54, 1.807) is 13.8 Å². The minimum atomic E-state index is -3.84. The van der Waals surface area contributed by atoms with E-state index in [0.29, 0.717) is 25.0 Å². The Hall–Kier alpha value is -3.45. The monoisotopic (exact) mass is 565 g/mol. The number of carbonyl (C=O) groups is 1. The molecule has 9 nitrogen and oxygen atoms in total. The summed E-state index contributed by atoms with van der Waals surface area (Å²) in [6.07, 6.45) is -2.67. The number of carbonyl (C=O) groups excluding carboxylic acids is 1. The lowest BCUT2D eigenvalue weighted by Gasteiger charge is -2.37. The van der Waals surface area contributed by atoms with Gasteiger partial charge in [0.15, 0.2) is 15.6 Å². The van der Waals surface area contributed by atoms with Crippen LogP contribution in [0.1, 0.15) is 43.3 Å². The second-order valence-corrected chi connectivity index (χ2v) is 11.8. The number of rotatable bonds is 6. The highest BCUT2D eigenvalue weighted by molar-refractivity contribution is 7.90. The zero-order chi connectivity index (χ0) is 28.6. The number of hydrogen-bond donors (Lipinski definition) is 1. The maximum atomic E-state index is 14.8. The third kappa shape index (κ3) is 6.09. The normalized spacial score (nSPS) is 17.5. The predicted molar refractivity (Wildman–Crippen MR) is 140 cm³/mol. The lowest BCUT2D eigenvalue weighted by Crippen LogP contribution is -2.53. The maximum absolute atomic E-state index is 14.8. The summed E-state index contributed by atoms with van der Waals surface area (Å²) in [5.74, 6) is -0.750. The Bertz CT molecular complexity index is 1520. The van der Waals surface area contributed by atoms with Crippen molar-refractivity contribution in [3.05, 3.63) is 53.1 Å². The number of fused-ring (bicyclic) bond motifs is 1. The highest BCUT2D eigenvalue weighted by atomic mass is 32.2. The molecule has 0 aliphatic carbocycles. The van der Waals surface area contributed by atoms with Gasteiger partial charge in [0.25, 0.3) is 6.43 Å². The molecule has 0 bridgehead atoms. The molecule has 3 aromatic rings. The van der Waals surface area contributed by atoms with Crippen LogP contribution in [0, 0.1) is 12.7 Å². The summed E-state index contributed by atoms with van der Waals surface area (Å²) in [5, 5.41) is 3.33. The Kier molecular flexibility index (Phi) is 8.03. The summed E-state index contributed by atoms with van der Waals surface area (Å²) in [6.45, 7) is 6.73. The fourth-order valence-electron chi connectivity index (χ4n) is 4.65. The van der Waals surface area contributed by atoms with Gasteiger partial charge in [0.05, 0.1) is 17.1 Å². The molecule has 1 fully saturated rings. The minimum Gasteiger partial charge on any atom is -0.409 e. The van der Waals surface area contributed by atoms with E-state index in [-0.39, 0.29) is 39.4 Å². The zero-order valence-electron chi connectivity index (χ0n) is 22.2. The van der Waals surface area contributed by atoms with Crippen molar-refractivity contribution in [2.24, 2.45) is 0 Å². The largest absolute Gasteiger partial charge is 0.415 e. The predicted octanol–water partition coefficient (Wildman–Crippen LogP) is 4.73. The van der Waals surface area contributed by atoms with Crippen molar-refractivity contribution in [2.45, 2.75) is 44.2 Å². The molecule has 0 radical (unpaired) electrons. The lowest BCUT2D eigenvalue weighted by molar-refractivity contribution is 0.0887. The van der Waals surface area contributed by atoms with Gasteiger partial charge in [-0.1, -0.05) is 18.2 Å². The summed E-state index contributed by atoms with van der Waals surface area (Å²) in [7, 11) is -1.90. The summed E-state index contributed by atoms with van der Waals surface area (Å²) in [5.41, 5.74) is -0.470. The van der Waals surface area contributed by atoms with E-state index < -0.39 is 39.8 Å². The molecule has 210 valence electrons. The quantitative estimate of drug-likeness (QED) is 0.458. The molecule has 1 amide bonds. The third-order valence-corrected chi connectivity index (χ3v) is 7.77. The first-order valence-electron chi connectivity index (χ1n) is 12.3. The molecule has 2 atom stereocenters. The summed E-state index contributed by atoms with van der Waals surface area (Å²) in [4.78, 5) is 25.2. The van der Waals surface area contributed by atoms with Gasteiger partial charge in [-0.15, -0.1) is 0 Å². The first kappa shape index (κ1) is 28.6. The summed E-state index contributed by atoms with van der Waals surface area (Å²) >= 11 is 0. The topological polar surface area (TPSA) is 105 Å². The van der Waals surface area contributed by atoms with Gasteiger partial charge in [0, 0.05) is 42.9 Å². The Morgan fingerprint density at radius 1 is 1.18 bits per heavy atom. The van der Waals surface area contributed by atoms with E-state index in [9.17, 15) is 26.4 Å². The highest BCUT2D eigenvalue weighted by Gasteiger charge is 2.29. The van der Waals surface area contributed by atoms with E-state index in [1.165, 1.54) is 29.2 Å². The van der Waals surface area contributed by atoms with Crippen molar-refractivity contribution in [2.75, 3.05) is 38.3 Å². The molecular weight excluding hydrogens is 535 g/mol.